The lowest BCUT2D eigenvalue weighted by atomic mass is 10.2. The number of aliphatic carboxylic acids is 2. The van der Waals surface area contributed by atoms with Crippen LogP contribution in [0.2, 0.25) is 0 Å². The lowest BCUT2D eigenvalue weighted by Gasteiger charge is -2.07. The highest BCUT2D eigenvalue weighted by Gasteiger charge is 2.29. The van der Waals surface area contributed by atoms with Crippen molar-refractivity contribution >= 4 is 11.9 Å². The van der Waals surface area contributed by atoms with E-state index >= 15 is 0 Å². The summed E-state index contributed by atoms with van der Waals surface area (Å²) in [6, 6.07) is 7.02. The van der Waals surface area contributed by atoms with Gasteiger partial charge >= 0.3 is 11.9 Å². The number of aliphatic hydroxyl groups excluding tert-OH is 2. The van der Waals surface area contributed by atoms with Gasteiger partial charge in [-0.25, -0.2) is 9.59 Å². The first-order valence-electron chi connectivity index (χ1n) is 6.53. The highest BCUT2D eigenvalue weighted by Crippen LogP contribution is 2.24. The molecule has 0 aliphatic carbocycles. The monoisotopic (exact) mass is 316 g/mol. The number of phenols is 1. The van der Waals surface area contributed by atoms with Gasteiger partial charge in [0.2, 0.25) is 0 Å². The zero-order valence-electron chi connectivity index (χ0n) is 12.0. The predicted octanol–water partition coefficient (Wildman–Crippen LogP) is 0.448. The van der Waals surface area contributed by atoms with E-state index in [4.69, 9.17) is 25.2 Å². The lowest BCUT2D eigenvalue weighted by molar-refractivity contribution is -0.165. The molecule has 0 saturated carbocycles. The fourth-order valence-corrected chi connectivity index (χ4v) is 1.18. The molecule has 22 heavy (non-hydrogen) atoms. The van der Waals surface area contributed by atoms with Gasteiger partial charge in [0.15, 0.2) is 23.7 Å². The van der Waals surface area contributed by atoms with Crippen molar-refractivity contribution in [3.63, 3.8) is 0 Å². The zero-order chi connectivity index (χ0) is 17.1. The van der Waals surface area contributed by atoms with Crippen LogP contribution in [-0.4, -0.2) is 56.3 Å². The molecule has 2 atom stereocenters. The minimum Gasteiger partial charge on any atom is -0.504 e. The molecule has 1 aromatic rings. The number of aromatic hydroxyl groups is 1. The van der Waals surface area contributed by atoms with Crippen LogP contribution in [0.1, 0.15) is 19.8 Å². The Kier molecular flexibility index (Phi) is 9.31. The molecule has 1 aromatic carbocycles. The van der Waals surface area contributed by atoms with E-state index in [0.717, 1.165) is 12.8 Å². The fraction of sp³-hybridized carbons (Fsp3) is 0.429. The van der Waals surface area contributed by atoms with Crippen LogP contribution in [-0.2, 0) is 9.59 Å². The van der Waals surface area contributed by atoms with E-state index in [1.165, 1.54) is 0 Å². The molecule has 0 heterocycles. The Labute approximate surface area is 127 Å². The predicted molar refractivity (Wildman–Crippen MR) is 75.8 cm³/mol. The maximum absolute atomic E-state index is 9.77. The molecule has 124 valence electrons. The van der Waals surface area contributed by atoms with Crippen molar-refractivity contribution < 1.29 is 39.9 Å². The molecule has 1 rings (SSSR count). The van der Waals surface area contributed by atoms with Crippen molar-refractivity contribution in [2.24, 2.45) is 0 Å². The zero-order valence-corrected chi connectivity index (χ0v) is 12.0. The van der Waals surface area contributed by atoms with E-state index < -0.39 is 24.1 Å². The molecule has 0 aliphatic rings. The highest BCUT2D eigenvalue weighted by molar-refractivity contribution is 5.83. The first kappa shape index (κ1) is 19.7. The summed E-state index contributed by atoms with van der Waals surface area (Å²) >= 11 is 0. The van der Waals surface area contributed by atoms with Gasteiger partial charge < -0.3 is 30.3 Å². The Hall–Kier alpha value is -2.32. The number of phenolic OH excluding ortho intramolecular Hbond substituents is 1. The Morgan fingerprint density at radius 2 is 1.59 bits per heavy atom. The van der Waals surface area contributed by atoms with Gasteiger partial charge in [-0.05, 0) is 18.6 Å². The van der Waals surface area contributed by atoms with E-state index in [2.05, 4.69) is 6.92 Å². The highest BCUT2D eigenvalue weighted by atomic mass is 16.5. The van der Waals surface area contributed by atoms with Crippen LogP contribution >= 0.6 is 0 Å². The van der Waals surface area contributed by atoms with Crippen molar-refractivity contribution in [1.82, 2.24) is 0 Å². The van der Waals surface area contributed by atoms with E-state index in [1.54, 1.807) is 18.2 Å². The van der Waals surface area contributed by atoms with Crippen molar-refractivity contribution in [3.8, 4) is 11.5 Å². The number of unbranched alkanes of at least 4 members (excludes halogenated alkanes) is 1. The molecule has 0 amide bonds. The van der Waals surface area contributed by atoms with E-state index in [1.807, 2.05) is 6.07 Å². The topological polar surface area (TPSA) is 145 Å². The molecule has 0 aromatic heterocycles. The van der Waals surface area contributed by atoms with Gasteiger partial charge in [-0.2, -0.15) is 0 Å². The summed E-state index contributed by atoms with van der Waals surface area (Å²) in [4.78, 5) is 19.5. The summed E-state index contributed by atoms with van der Waals surface area (Å²) in [5, 5.41) is 41.8. The number of carbonyl (C=O) groups is 2. The molecule has 0 aliphatic heterocycles. The molecule has 0 saturated heterocycles. The second-order valence-electron chi connectivity index (χ2n) is 4.24. The van der Waals surface area contributed by atoms with Crippen LogP contribution < -0.4 is 4.74 Å². The maximum Gasteiger partial charge on any atom is 0.335 e. The number of hydrogen-bond acceptors (Lipinski definition) is 6. The number of para-hydroxylation sites is 2. The third-order valence-electron chi connectivity index (χ3n) is 2.43. The maximum atomic E-state index is 9.77. The summed E-state index contributed by atoms with van der Waals surface area (Å²) in [6.07, 6.45) is -2.41. The first-order valence-corrected chi connectivity index (χ1v) is 6.53. The molecule has 0 bridgehead atoms. The molecule has 5 N–H and O–H groups in total. The van der Waals surface area contributed by atoms with Crippen LogP contribution in [0.15, 0.2) is 24.3 Å². The quantitative estimate of drug-likeness (QED) is 0.456. The summed E-state index contributed by atoms with van der Waals surface area (Å²) < 4.78 is 5.33. The minimum atomic E-state index is -2.27. The molecule has 0 spiro atoms. The average molecular weight is 316 g/mol. The smallest absolute Gasteiger partial charge is 0.335 e. The number of hydrogen-bond donors (Lipinski definition) is 5. The van der Waals surface area contributed by atoms with Crippen LogP contribution in [0, 0.1) is 0 Å². The first-order chi connectivity index (χ1) is 10.3. The van der Waals surface area contributed by atoms with Crippen LogP contribution in [0.3, 0.4) is 0 Å². The third-order valence-corrected chi connectivity index (χ3v) is 2.43. The van der Waals surface area contributed by atoms with Gasteiger partial charge in [0.1, 0.15) is 0 Å². The van der Waals surface area contributed by atoms with Crippen molar-refractivity contribution in [2.75, 3.05) is 6.61 Å². The van der Waals surface area contributed by atoms with Crippen molar-refractivity contribution in [1.29, 1.82) is 0 Å². The molecule has 2 unspecified atom stereocenters. The summed E-state index contributed by atoms with van der Waals surface area (Å²) in [5.41, 5.74) is 0. The lowest BCUT2D eigenvalue weighted by Crippen LogP contribution is -2.39. The summed E-state index contributed by atoms with van der Waals surface area (Å²) in [5.74, 6) is -2.75. The van der Waals surface area contributed by atoms with Crippen LogP contribution in [0.4, 0.5) is 0 Å². The second-order valence-corrected chi connectivity index (χ2v) is 4.24. The summed E-state index contributed by atoms with van der Waals surface area (Å²) in [7, 11) is 0. The third kappa shape index (κ3) is 7.46. The van der Waals surface area contributed by atoms with E-state index in [9.17, 15) is 14.7 Å². The average Bonchev–Trinajstić information content (AvgIpc) is 2.48. The molecule has 0 fully saturated rings. The Morgan fingerprint density at radius 3 is 2.00 bits per heavy atom. The summed E-state index contributed by atoms with van der Waals surface area (Å²) in [6.45, 7) is 2.78. The van der Waals surface area contributed by atoms with Crippen molar-refractivity contribution in [3.05, 3.63) is 24.3 Å². The van der Waals surface area contributed by atoms with Gasteiger partial charge in [0.05, 0.1) is 6.61 Å². The van der Waals surface area contributed by atoms with E-state index in [0.29, 0.717) is 12.4 Å². The SMILES string of the molecule is CCCCOc1ccccc1O.O=C(O)C(O)C(O)C(=O)O. The van der Waals surface area contributed by atoms with E-state index in [-0.39, 0.29) is 5.75 Å². The van der Waals surface area contributed by atoms with Crippen LogP contribution in [0.5, 0.6) is 11.5 Å². The molecule has 8 heteroatoms. The molecular formula is C14H20O8. The number of benzene rings is 1. The Balaban J connectivity index is 0.000000409. The fourth-order valence-electron chi connectivity index (χ4n) is 1.18. The van der Waals surface area contributed by atoms with Crippen molar-refractivity contribution in [2.45, 2.75) is 32.0 Å². The number of aliphatic hydroxyl groups is 2. The Morgan fingerprint density at radius 1 is 1.09 bits per heavy atom. The molecule has 0 radical (unpaired) electrons. The standard InChI is InChI=1S/C10H14O2.C4H6O6/c1-2-3-8-12-10-7-5-4-6-9(10)11;5-1(3(7)8)2(6)4(9)10/h4-7,11H,2-3,8H2,1H3;1-2,5-6H,(H,7,8)(H,9,10). The largest absolute Gasteiger partial charge is 0.504 e. The number of rotatable bonds is 7. The normalized spacial score (nSPS) is 12.5. The number of carboxylic acids is 2. The van der Waals surface area contributed by atoms with Crippen LogP contribution in [0.25, 0.3) is 0 Å². The van der Waals surface area contributed by atoms with Gasteiger partial charge in [-0.3, -0.25) is 0 Å². The van der Waals surface area contributed by atoms with Gasteiger partial charge in [0.25, 0.3) is 0 Å². The number of ether oxygens (including phenoxy) is 1. The molecular weight excluding hydrogens is 296 g/mol. The second kappa shape index (κ2) is 10.4. The van der Waals surface area contributed by atoms with Gasteiger partial charge in [0, 0.05) is 0 Å². The van der Waals surface area contributed by atoms with Gasteiger partial charge in [-0.1, -0.05) is 25.5 Å². The number of carboxylic acid groups (broad SMARTS) is 2. The molecule has 8 nitrogen and oxygen atoms in total. The van der Waals surface area contributed by atoms with Gasteiger partial charge in [-0.15, -0.1) is 0 Å². The minimum absolute atomic E-state index is 0.216. The Bertz CT molecular complexity index is 456.